The molecule has 3 rings (SSSR count). The van der Waals surface area contributed by atoms with Crippen molar-refractivity contribution in [1.82, 2.24) is 10.2 Å². The molecule has 1 saturated carbocycles. The number of benzene rings is 1. The van der Waals surface area contributed by atoms with E-state index in [1.807, 2.05) is 12.1 Å². The first-order valence-corrected chi connectivity index (χ1v) is 8.55. The number of aliphatic hydroxyl groups is 2. The molecule has 1 amide bonds. The summed E-state index contributed by atoms with van der Waals surface area (Å²) in [6.45, 7) is 2.76. The molecule has 0 bridgehead atoms. The largest absolute Gasteiger partial charge is 0.392 e. The molecule has 1 saturated heterocycles. The second kappa shape index (κ2) is 7.43. The molecular formula is C18H26N2O3. The Balaban J connectivity index is 1.44. The maximum Gasteiger partial charge on any atom is 0.249 e. The number of carbonyl (C=O) groups is 1. The van der Waals surface area contributed by atoms with E-state index in [4.69, 9.17) is 5.11 Å². The monoisotopic (exact) mass is 318 g/mol. The molecule has 2 fully saturated rings. The van der Waals surface area contributed by atoms with Crippen LogP contribution in [-0.4, -0.2) is 46.3 Å². The summed E-state index contributed by atoms with van der Waals surface area (Å²) < 4.78 is 0. The SMILES string of the molecule is O=C(NC1CC1)[C@@H](O)C1CCN(Cc2ccc(CO)cc2)CC1. The number of carbonyl (C=O) groups excluding carboxylic acids is 1. The van der Waals surface area contributed by atoms with Crippen LogP contribution in [0, 0.1) is 5.92 Å². The Morgan fingerprint density at radius 2 is 1.74 bits per heavy atom. The van der Waals surface area contributed by atoms with Crippen LogP contribution in [0.4, 0.5) is 0 Å². The highest BCUT2D eigenvalue weighted by atomic mass is 16.3. The first-order valence-electron chi connectivity index (χ1n) is 8.55. The number of amides is 1. The van der Waals surface area contributed by atoms with Gasteiger partial charge in [-0.3, -0.25) is 9.69 Å². The van der Waals surface area contributed by atoms with Gasteiger partial charge in [0, 0.05) is 12.6 Å². The highest BCUT2D eigenvalue weighted by Gasteiger charge is 2.32. The van der Waals surface area contributed by atoms with Crippen molar-refractivity contribution in [2.45, 2.75) is 51.0 Å². The molecule has 0 spiro atoms. The van der Waals surface area contributed by atoms with Gasteiger partial charge < -0.3 is 15.5 Å². The topological polar surface area (TPSA) is 72.8 Å². The van der Waals surface area contributed by atoms with Crippen LogP contribution < -0.4 is 5.32 Å². The first-order chi connectivity index (χ1) is 11.2. The predicted molar refractivity (Wildman–Crippen MR) is 87.5 cm³/mol. The fourth-order valence-electron chi connectivity index (χ4n) is 3.16. The van der Waals surface area contributed by atoms with Gasteiger partial charge in [-0.05, 0) is 55.8 Å². The Morgan fingerprint density at radius 3 is 2.30 bits per heavy atom. The van der Waals surface area contributed by atoms with Gasteiger partial charge >= 0.3 is 0 Å². The first kappa shape index (κ1) is 16.4. The number of aliphatic hydroxyl groups excluding tert-OH is 2. The highest BCUT2D eigenvalue weighted by molar-refractivity contribution is 5.81. The van der Waals surface area contributed by atoms with Gasteiger partial charge in [0.25, 0.3) is 0 Å². The molecule has 23 heavy (non-hydrogen) atoms. The van der Waals surface area contributed by atoms with E-state index in [1.54, 1.807) is 0 Å². The van der Waals surface area contributed by atoms with Crippen LogP contribution in [-0.2, 0) is 17.9 Å². The zero-order valence-electron chi connectivity index (χ0n) is 13.4. The van der Waals surface area contributed by atoms with Crippen LogP contribution in [0.25, 0.3) is 0 Å². The van der Waals surface area contributed by atoms with Crippen molar-refractivity contribution in [3.8, 4) is 0 Å². The van der Waals surface area contributed by atoms with Crippen molar-refractivity contribution in [2.24, 2.45) is 5.92 Å². The Morgan fingerprint density at radius 1 is 1.13 bits per heavy atom. The standard InChI is InChI=1S/C18H26N2O3/c21-12-14-3-1-13(2-4-14)11-20-9-7-15(8-10-20)17(22)18(23)19-16-5-6-16/h1-4,15-17,21-22H,5-12H2,(H,19,23)/t17-/m0/s1. The zero-order valence-corrected chi connectivity index (χ0v) is 13.4. The molecular weight excluding hydrogens is 292 g/mol. The van der Waals surface area contributed by atoms with Gasteiger partial charge in [0.15, 0.2) is 0 Å². The van der Waals surface area contributed by atoms with Crippen LogP contribution >= 0.6 is 0 Å². The maximum absolute atomic E-state index is 11.9. The summed E-state index contributed by atoms with van der Waals surface area (Å²) in [7, 11) is 0. The van der Waals surface area contributed by atoms with E-state index in [1.165, 1.54) is 5.56 Å². The van der Waals surface area contributed by atoms with Crippen molar-refractivity contribution in [3.05, 3.63) is 35.4 Å². The lowest BCUT2D eigenvalue weighted by Crippen LogP contribution is -2.44. The van der Waals surface area contributed by atoms with Gasteiger partial charge in [-0.25, -0.2) is 0 Å². The molecule has 1 aliphatic carbocycles. The van der Waals surface area contributed by atoms with Gasteiger partial charge in [0.1, 0.15) is 6.10 Å². The van der Waals surface area contributed by atoms with Crippen LogP contribution in [0.3, 0.4) is 0 Å². The summed E-state index contributed by atoms with van der Waals surface area (Å²) in [6.07, 6.45) is 2.95. The fraction of sp³-hybridized carbons (Fsp3) is 0.611. The number of nitrogens with one attached hydrogen (secondary N) is 1. The zero-order chi connectivity index (χ0) is 16.2. The van der Waals surface area contributed by atoms with Crippen LogP contribution in [0.5, 0.6) is 0 Å². The number of piperidine rings is 1. The molecule has 2 aliphatic rings. The minimum absolute atomic E-state index is 0.0711. The fourth-order valence-corrected chi connectivity index (χ4v) is 3.16. The molecule has 1 aromatic rings. The van der Waals surface area contributed by atoms with Crippen molar-refractivity contribution < 1.29 is 15.0 Å². The molecule has 126 valence electrons. The van der Waals surface area contributed by atoms with Crippen LogP contribution in [0.1, 0.15) is 36.8 Å². The van der Waals surface area contributed by atoms with Gasteiger partial charge in [0.2, 0.25) is 5.91 Å². The molecule has 0 unspecified atom stereocenters. The van der Waals surface area contributed by atoms with E-state index >= 15 is 0 Å². The number of nitrogens with zero attached hydrogens (tertiary/aromatic N) is 1. The maximum atomic E-state index is 11.9. The Labute approximate surface area is 137 Å². The second-order valence-electron chi connectivity index (χ2n) is 6.82. The Hall–Kier alpha value is -1.43. The number of hydrogen-bond acceptors (Lipinski definition) is 4. The lowest BCUT2D eigenvalue weighted by atomic mass is 9.90. The quantitative estimate of drug-likeness (QED) is 0.732. The summed E-state index contributed by atoms with van der Waals surface area (Å²) in [5.74, 6) is -0.118. The Kier molecular flexibility index (Phi) is 5.30. The summed E-state index contributed by atoms with van der Waals surface area (Å²) in [5, 5.41) is 22.2. The van der Waals surface area contributed by atoms with Crippen LogP contribution in [0.15, 0.2) is 24.3 Å². The third-order valence-corrected chi connectivity index (χ3v) is 4.88. The van der Waals surface area contributed by atoms with Crippen molar-refractivity contribution in [1.29, 1.82) is 0 Å². The lowest BCUT2D eigenvalue weighted by molar-refractivity contribution is -0.133. The summed E-state index contributed by atoms with van der Waals surface area (Å²) in [6, 6.07) is 8.31. The number of rotatable bonds is 6. The van der Waals surface area contributed by atoms with E-state index < -0.39 is 6.10 Å². The molecule has 0 radical (unpaired) electrons. The average molecular weight is 318 g/mol. The van der Waals surface area contributed by atoms with Crippen molar-refractivity contribution in [2.75, 3.05) is 13.1 Å². The summed E-state index contributed by atoms with van der Waals surface area (Å²) >= 11 is 0. The van der Waals surface area contributed by atoms with Gasteiger partial charge in [0.05, 0.1) is 6.61 Å². The predicted octanol–water partition coefficient (Wildman–Crippen LogP) is 1.03. The van der Waals surface area contributed by atoms with E-state index in [0.29, 0.717) is 6.04 Å². The van der Waals surface area contributed by atoms with Gasteiger partial charge in [-0.2, -0.15) is 0 Å². The molecule has 5 heteroatoms. The van der Waals surface area contributed by atoms with Crippen molar-refractivity contribution in [3.63, 3.8) is 0 Å². The molecule has 3 N–H and O–H groups in total. The average Bonchev–Trinajstić information content (AvgIpc) is 3.39. The molecule has 1 atom stereocenters. The molecule has 1 aliphatic heterocycles. The molecule has 1 heterocycles. The van der Waals surface area contributed by atoms with Gasteiger partial charge in [-0.15, -0.1) is 0 Å². The smallest absolute Gasteiger partial charge is 0.249 e. The minimum Gasteiger partial charge on any atom is -0.392 e. The molecule has 5 nitrogen and oxygen atoms in total. The molecule has 0 aromatic heterocycles. The van der Waals surface area contributed by atoms with E-state index in [9.17, 15) is 9.90 Å². The lowest BCUT2D eigenvalue weighted by Gasteiger charge is -2.33. The van der Waals surface area contributed by atoms with Gasteiger partial charge in [-0.1, -0.05) is 24.3 Å². The third-order valence-electron chi connectivity index (χ3n) is 4.88. The normalized spacial score (nSPS) is 21.1. The van der Waals surface area contributed by atoms with E-state index in [2.05, 4.69) is 22.3 Å². The molecule has 1 aromatic carbocycles. The van der Waals surface area contributed by atoms with E-state index in [-0.39, 0.29) is 18.4 Å². The number of hydrogen-bond donors (Lipinski definition) is 3. The summed E-state index contributed by atoms with van der Waals surface area (Å²) in [4.78, 5) is 14.3. The number of likely N-dealkylation sites (tertiary alicyclic amines) is 1. The third kappa shape index (κ3) is 4.53. The van der Waals surface area contributed by atoms with Crippen molar-refractivity contribution >= 4 is 5.91 Å². The van der Waals surface area contributed by atoms with E-state index in [0.717, 1.165) is 50.9 Å². The second-order valence-corrected chi connectivity index (χ2v) is 6.82. The minimum atomic E-state index is -0.860. The summed E-state index contributed by atoms with van der Waals surface area (Å²) in [5.41, 5.74) is 2.16. The Bertz CT molecular complexity index is 520. The van der Waals surface area contributed by atoms with Crippen LogP contribution in [0.2, 0.25) is 0 Å². The highest BCUT2D eigenvalue weighted by Crippen LogP contribution is 2.24.